The summed E-state index contributed by atoms with van der Waals surface area (Å²) in [4.78, 5) is 5.70. The highest BCUT2D eigenvalue weighted by atomic mass is 32.1. The Morgan fingerprint density at radius 1 is 1.13 bits per heavy atom. The van der Waals surface area contributed by atoms with E-state index < -0.39 is 0 Å². The lowest BCUT2D eigenvalue weighted by Crippen LogP contribution is -2.42. The molecule has 2 heterocycles. The first kappa shape index (κ1) is 11.3. The van der Waals surface area contributed by atoms with Crippen LogP contribution < -0.4 is 5.73 Å². The Bertz CT molecular complexity index is 226. The first-order valence-electron chi connectivity index (χ1n) is 6.03. The lowest BCUT2D eigenvalue weighted by Gasteiger charge is -2.25. The summed E-state index contributed by atoms with van der Waals surface area (Å²) in [5, 5.41) is 0. The predicted molar refractivity (Wildman–Crippen MR) is 67.1 cm³/mol. The van der Waals surface area contributed by atoms with Crippen LogP contribution in [0.3, 0.4) is 0 Å². The predicted octanol–water partition coefficient (Wildman–Crippen LogP) is 0.833. The van der Waals surface area contributed by atoms with Gasteiger partial charge in [-0.15, -0.1) is 0 Å². The Morgan fingerprint density at radius 2 is 1.87 bits per heavy atom. The van der Waals surface area contributed by atoms with Crippen molar-refractivity contribution < 1.29 is 0 Å². The molecule has 2 aliphatic heterocycles. The highest BCUT2D eigenvalue weighted by molar-refractivity contribution is 7.80. The molecule has 4 heteroatoms. The Kier molecular flexibility index (Phi) is 3.94. The van der Waals surface area contributed by atoms with E-state index in [4.69, 9.17) is 18.0 Å². The van der Waals surface area contributed by atoms with Crippen molar-refractivity contribution in [3.05, 3.63) is 0 Å². The molecule has 3 nitrogen and oxygen atoms in total. The zero-order valence-electron chi connectivity index (χ0n) is 9.32. The van der Waals surface area contributed by atoms with Gasteiger partial charge in [0.2, 0.25) is 0 Å². The topological polar surface area (TPSA) is 32.5 Å². The number of nitrogens with zero attached hydrogens (tertiary/aromatic N) is 2. The molecule has 2 aliphatic rings. The van der Waals surface area contributed by atoms with Gasteiger partial charge < -0.3 is 10.6 Å². The van der Waals surface area contributed by atoms with Crippen LogP contribution in [0.4, 0.5) is 0 Å². The van der Waals surface area contributed by atoms with Crippen LogP contribution in [0.1, 0.15) is 25.7 Å². The minimum Gasteiger partial charge on any atom is -0.392 e. The molecule has 15 heavy (non-hydrogen) atoms. The summed E-state index contributed by atoms with van der Waals surface area (Å²) in [6.07, 6.45) is 5.16. The number of nitrogens with two attached hydrogens (primary N) is 1. The van der Waals surface area contributed by atoms with Gasteiger partial charge in [0.25, 0.3) is 0 Å². The van der Waals surface area contributed by atoms with Crippen LogP contribution in [-0.4, -0.2) is 53.6 Å². The maximum absolute atomic E-state index is 5.75. The van der Waals surface area contributed by atoms with Gasteiger partial charge in [0.15, 0.2) is 0 Å². The van der Waals surface area contributed by atoms with Crippen LogP contribution in [0.15, 0.2) is 0 Å². The highest BCUT2D eigenvalue weighted by Crippen LogP contribution is 2.17. The second-order valence-corrected chi connectivity index (χ2v) is 5.12. The molecular formula is C11H21N3S. The molecule has 1 unspecified atom stereocenters. The van der Waals surface area contributed by atoms with Gasteiger partial charge in [0.05, 0.1) is 11.0 Å². The molecule has 0 aliphatic carbocycles. The average molecular weight is 227 g/mol. The molecule has 2 N–H and O–H groups in total. The fraction of sp³-hybridized carbons (Fsp3) is 0.909. The van der Waals surface area contributed by atoms with E-state index in [9.17, 15) is 0 Å². The molecule has 0 spiro atoms. The van der Waals surface area contributed by atoms with Crippen LogP contribution in [0.2, 0.25) is 0 Å². The molecule has 2 rings (SSSR count). The number of rotatable bonds is 4. The van der Waals surface area contributed by atoms with Crippen molar-refractivity contribution >= 4 is 17.2 Å². The fourth-order valence-corrected chi connectivity index (χ4v) is 2.96. The van der Waals surface area contributed by atoms with E-state index in [2.05, 4.69) is 9.80 Å². The molecule has 0 aromatic rings. The quantitative estimate of drug-likeness (QED) is 0.721. The third kappa shape index (κ3) is 2.89. The molecule has 1 atom stereocenters. The third-order valence-corrected chi connectivity index (χ3v) is 3.87. The van der Waals surface area contributed by atoms with Gasteiger partial charge in [0.1, 0.15) is 0 Å². The molecule has 0 aromatic heterocycles. The van der Waals surface area contributed by atoms with E-state index >= 15 is 0 Å². The molecule has 2 saturated heterocycles. The van der Waals surface area contributed by atoms with Crippen molar-refractivity contribution in [1.29, 1.82) is 0 Å². The van der Waals surface area contributed by atoms with Crippen molar-refractivity contribution in [2.75, 3.05) is 32.7 Å². The van der Waals surface area contributed by atoms with Gasteiger partial charge in [-0.1, -0.05) is 12.2 Å². The standard InChI is InChI=1S/C11H21N3S/c12-11(15)10-4-3-7-14(10)9-8-13-5-1-2-6-13/h10H,1-9H2,(H2,12,15). The summed E-state index contributed by atoms with van der Waals surface area (Å²) in [5.41, 5.74) is 5.75. The summed E-state index contributed by atoms with van der Waals surface area (Å²) in [5.74, 6) is 0. The Hall–Kier alpha value is -0.190. The summed E-state index contributed by atoms with van der Waals surface area (Å²) in [6, 6.07) is 0.377. The third-order valence-electron chi connectivity index (χ3n) is 3.59. The fourth-order valence-electron chi connectivity index (χ4n) is 2.69. The van der Waals surface area contributed by atoms with Crippen LogP contribution in [0.5, 0.6) is 0 Å². The van der Waals surface area contributed by atoms with Crippen LogP contribution in [0, 0.1) is 0 Å². The van der Waals surface area contributed by atoms with Gasteiger partial charge in [-0.2, -0.15) is 0 Å². The lowest BCUT2D eigenvalue weighted by atomic mass is 10.2. The maximum Gasteiger partial charge on any atom is 0.0902 e. The summed E-state index contributed by atoms with van der Waals surface area (Å²) in [7, 11) is 0. The van der Waals surface area contributed by atoms with E-state index in [0.717, 1.165) is 13.0 Å². The van der Waals surface area contributed by atoms with Gasteiger partial charge >= 0.3 is 0 Å². The molecule has 0 aromatic carbocycles. The Labute approximate surface area is 97.6 Å². The summed E-state index contributed by atoms with van der Waals surface area (Å²) < 4.78 is 0. The van der Waals surface area contributed by atoms with Crippen LogP contribution >= 0.6 is 12.2 Å². The number of hydrogen-bond donors (Lipinski definition) is 1. The van der Waals surface area contributed by atoms with Crippen LogP contribution in [0.25, 0.3) is 0 Å². The molecule has 0 saturated carbocycles. The second kappa shape index (κ2) is 5.23. The van der Waals surface area contributed by atoms with Crippen molar-refractivity contribution in [2.45, 2.75) is 31.7 Å². The normalized spacial score (nSPS) is 28.7. The van der Waals surface area contributed by atoms with Crippen molar-refractivity contribution in [1.82, 2.24) is 9.80 Å². The smallest absolute Gasteiger partial charge is 0.0902 e. The molecule has 0 radical (unpaired) electrons. The number of hydrogen-bond acceptors (Lipinski definition) is 3. The van der Waals surface area contributed by atoms with Gasteiger partial charge in [-0.05, 0) is 45.3 Å². The minimum absolute atomic E-state index is 0.377. The average Bonchev–Trinajstić information content (AvgIpc) is 2.86. The monoisotopic (exact) mass is 227 g/mol. The molecule has 2 fully saturated rings. The molecule has 86 valence electrons. The van der Waals surface area contributed by atoms with Gasteiger partial charge in [-0.3, -0.25) is 4.90 Å². The Balaban J connectivity index is 1.75. The van der Waals surface area contributed by atoms with Gasteiger partial charge in [0, 0.05) is 13.1 Å². The summed E-state index contributed by atoms with van der Waals surface area (Å²) >= 11 is 5.10. The minimum atomic E-state index is 0.377. The van der Waals surface area contributed by atoms with E-state index in [1.807, 2.05) is 0 Å². The lowest BCUT2D eigenvalue weighted by molar-refractivity contribution is 0.240. The van der Waals surface area contributed by atoms with Crippen molar-refractivity contribution in [3.63, 3.8) is 0 Å². The first-order valence-corrected chi connectivity index (χ1v) is 6.44. The maximum atomic E-state index is 5.75. The summed E-state index contributed by atoms with van der Waals surface area (Å²) in [6.45, 7) is 6.08. The molecular weight excluding hydrogens is 206 g/mol. The molecule has 0 amide bonds. The van der Waals surface area contributed by atoms with E-state index in [1.54, 1.807) is 0 Å². The van der Waals surface area contributed by atoms with Crippen LogP contribution in [-0.2, 0) is 0 Å². The number of likely N-dealkylation sites (tertiary alicyclic amines) is 2. The number of thiocarbonyl (C=S) groups is 1. The first-order chi connectivity index (χ1) is 7.27. The van der Waals surface area contributed by atoms with Crippen molar-refractivity contribution in [3.8, 4) is 0 Å². The highest BCUT2D eigenvalue weighted by Gasteiger charge is 2.26. The van der Waals surface area contributed by atoms with Crippen molar-refractivity contribution in [2.24, 2.45) is 5.73 Å². The zero-order chi connectivity index (χ0) is 10.7. The largest absolute Gasteiger partial charge is 0.392 e. The SMILES string of the molecule is NC(=S)C1CCCN1CCN1CCCC1. The van der Waals surface area contributed by atoms with E-state index in [0.29, 0.717) is 11.0 Å². The van der Waals surface area contributed by atoms with E-state index in [1.165, 1.54) is 45.4 Å². The zero-order valence-corrected chi connectivity index (χ0v) is 10.1. The second-order valence-electron chi connectivity index (χ2n) is 4.65. The molecule has 0 bridgehead atoms. The van der Waals surface area contributed by atoms with E-state index in [-0.39, 0.29) is 0 Å². The van der Waals surface area contributed by atoms with Gasteiger partial charge in [-0.25, -0.2) is 0 Å². The Morgan fingerprint density at radius 3 is 2.53 bits per heavy atom.